The van der Waals surface area contributed by atoms with Crippen LogP contribution < -0.4 is 5.06 Å². The van der Waals surface area contributed by atoms with Crippen molar-refractivity contribution in [1.82, 2.24) is 0 Å². The Morgan fingerprint density at radius 2 is 2.19 bits per heavy atom. The van der Waals surface area contributed by atoms with Crippen LogP contribution in [-0.4, -0.2) is 20.1 Å². The van der Waals surface area contributed by atoms with Crippen LogP contribution in [0.2, 0.25) is 0 Å². The van der Waals surface area contributed by atoms with Gasteiger partial charge in [-0.05, 0) is 43.5 Å². The summed E-state index contributed by atoms with van der Waals surface area (Å²) < 4.78 is 4.63. The van der Waals surface area contributed by atoms with E-state index in [-0.39, 0.29) is 0 Å². The lowest BCUT2D eigenvalue weighted by molar-refractivity contribution is 0.0601. The Kier molecular flexibility index (Phi) is 2.83. The molecule has 1 aliphatic rings. The van der Waals surface area contributed by atoms with Gasteiger partial charge in [0.1, 0.15) is 0 Å². The van der Waals surface area contributed by atoms with Gasteiger partial charge in [-0.25, -0.2) is 4.79 Å². The molecule has 1 aromatic rings. The van der Waals surface area contributed by atoms with Crippen LogP contribution in [0, 0.1) is 5.21 Å². The second kappa shape index (κ2) is 4.14. The summed E-state index contributed by atoms with van der Waals surface area (Å²) in [6, 6.07) is 5.17. The molecule has 1 fully saturated rings. The Morgan fingerprint density at radius 3 is 2.69 bits per heavy atom. The van der Waals surface area contributed by atoms with E-state index in [1.165, 1.54) is 14.2 Å². The van der Waals surface area contributed by atoms with E-state index in [2.05, 4.69) is 4.74 Å². The molecule has 0 spiro atoms. The van der Waals surface area contributed by atoms with Crippen molar-refractivity contribution < 1.29 is 9.53 Å². The lowest BCUT2D eigenvalue weighted by Crippen LogP contribution is -2.11. The van der Waals surface area contributed by atoms with Gasteiger partial charge in [0.15, 0.2) is 0 Å². The number of benzene rings is 1. The van der Waals surface area contributed by atoms with Gasteiger partial charge in [0.25, 0.3) is 0 Å². The van der Waals surface area contributed by atoms with Gasteiger partial charge in [-0.3, -0.25) is 0 Å². The zero-order chi connectivity index (χ0) is 11.7. The van der Waals surface area contributed by atoms with Crippen molar-refractivity contribution in [3.05, 3.63) is 34.5 Å². The molecular formula is C12H14NO3-. The summed E-state index contributed by atoms with van der Waals surface area (Å²) in [5, 5.41) is 12.2. The molecule has 86 valence electrons. The maximum atomic E-state index is 11.4. The van der Waals surface area contributed by atoms with Gasteiger partial charge in [-0.1, -0.05) is 6.07 Å². The SMILES string of the molecule is COC(=O)c1ccc(C2CC2)c(N(C)[O-])c1. The number of rotatable bonds is 3. The quantitative estimate of drug-likeness (QED) is 0.579. The standard InChI is InChI=1S/C12H14NO3/c1-13(15)11-7-9(12(14)16-2)5-6-10(11)8-3-4-8/h5-8H,3-4H2,1-2H3/q-1. The molecule has 1 aromatic carbocycles. The third-order valence-corrected chi connectivity index (χ3v) is 2.81. The van der Waals surface area contributed by atoms with E-state index in [1.807, 2.05) is 6.07 Å². The topological polar surface area (TPSA) is 52.6 Å². The third kappa shape index (κ3) is 2.02. The van der Waals surface area contributed by atoms with Crippen molar-refractivity contribution in [3.63, 3.8) is 0 Å². The molecule has 0 bridgehead atoms. The molecule has 0 radical (unpaired) electrons. The van der Waals surface area contributed by atoms with Crippen molar-refractivity contribution in [2.24, 2.45) is 0 Å². The Bertz CT molecular complexity index is 411. The summed E-state index contributed by atoms with van der Waals surface area (Å²) in [5.41, 5.74) is 2.03. The average Bonchev–Trinajstić information content (AvgIpc) is 3.11. The van der Waals surface area contributed by atoms with Crippen LogP contribution in [0.1, 0.15) is 34.7 Å². The first kappa shape index (κ1) is 11.0. The number of hydrogen-bond acceptors (Lipinski definition) is 4. The number of carbonyl (C=O) groups is 1. The van der Waals surface area contributed by atoms with E-state index < -0.39 is 5.97 Å². The van der Waals surface area contributed by atoms with Crippen LogP contribution in [0.5, 0.6) is 0 Å². The maximum absolute atomic E-state index is 11.4. The summed E-state index contributed by atoms with van der Waals surface area (Å²) in [6.07, 6.45) is 2.25. The highest BCUT2D eigenvalue weighted by Crippen LogP contribution is 2.44. The molecule has 0 unspecified atom stereocenters. The van der Waals surface area contributed by atoms with Crippen LogP contribution in [0.4, 0.5) is 5.69 Å². The first-order valence-electron chi connectivity index (χ1n) is 5.26. The molecule has 0 aromatic heterocycles. The van der Waals surface area contributed by atoms with E-state index in [0.717, 1.165) is 23.5 Å². The molecule has 4 nitrogen and oxygen atoms in total. The fraction of sp³-hybridized carbons (Fsp3) is 0.417. The van der Waals surface area contributed by atoms with Gasteiger partial charge < -0.3 is 15.0 Å². The van der Waals surface area contributed by atoms with Crippen LogP contribution in [0.25, 0.3) is 0 Å². The fourth-order valence-electron chi connectivity index (χ4n) is 1.80. The normalized spacial score (nSPS) is 14.7. The predicted octanol–water partition coefficient (Wildman–Crippen LogP) is 2.28. The summed E-state index contributed by atoms with van der Waals surface area (Å²) in [6.45, 7) is 0. The lowest BCUT2D eigenvalue weighted by Gasteiger charge is -2.28. The predicted molar refractivity (Wildman–Crippen MR) is 61.5 cm³/mol. The molecule has 1 saturated carbocycles. The number of carbonyl (C=O) groups excluding carboxylic acids is 1. The zero-order valence-electron chi connectivity index (χ0n) is 9.40. The number of nitrogens with zero attached hydrogens (tertiary/aromatic N) is 1. The maximum Gasteiger partial charge on any atom is 0.337 e. The smallest absolute Gasteiger partial charge is 0.337 e. The van der Waals surface area contributed by atoms with Gasteiger partial charge in [0, 0.05) is 5.69 Å². The lowest BCUT2D eigenvalue weighted by atomic mass is 10.0. The number of hydroxylamine groups is 1. The molecule has 1 aliphatic carbocycles. The van der Waals surface area contributed by atoms with Crippen molar-refractivity contribution in [3.8, 4) is 0 Å². The zero-order valence-corrected chi connectivity index (χ0v) is 9.40. The molecule has 0 atom stereocenters. The second-order valence-corrected chi connectivity index (χ2v) is 4.04. The van der Waals surface area contributed by atoms with E-state index >= 15 is 0 Å². The highest BCUT2D eigenvalue weighted by molar-refractivity contribution is 5.91. The Morgan fingerprint density at radius 1 is 1.50 bits per heavy atom. The van der Waals surface area contributed by atoms with Gasteiger partial charge >= 0.3 is 5.97 Å². The van der Waals surface area contributed by atoms with Gasteiger partial charge in [-0.2, -0.15) is 0 Å². The minimum absolute atomic E-state index is 0.412. The first-order valence-corrected chi connectivity index (χ1v) is 5.26. The summed E-state index contributed by atoms with van der Waals surface area (Å²) in [5.74, 6) is 0.0727. The number of hydrogen-bond donors (Lipinski definition) is 0. The molecule has 4 heteroatoms. The fourth-order valence-corrected chi connectivity index (χ4v) is 1.80. The molecule has 0 saturated heterocycles. The van der Waals surface area contributed by atoms with Gasteiger partial charge in [0.05, 0.1) is 12.7 Å². The molecule has 0 heterocycles. The largest absolute Gasteiger partial charge is 0.758 e. The monoisotopic (exact) mass is 220 g/mol. The van der Waals surface area contributed by atoms with Crippen molar-refractivity contribution in [1.29, 1.82) is 0 Å². The summed E-state index contributed by atoms with van der Waals surface area (Å²) in [7, 11) is 2.78. The molecule has 16 heavy (non-hydrogen) atoms. The number of ether oxygens (including phenoxy) is 1. The van der Waals surface area contributed by atoms with Gasteiger partial charge in [0.2, 0.25) is 0 Å². The Labute approximate surface area is 94.4 Å². The second-order valence-electron chi connectivity index (χ2n) is 4.04. The first-order chi connectivity index (χ1) is 7.63. The minimum atomic E-state index is -0.412. The molecule has 0 N–H and O–H groups in total. The highest BCUT2D eigenvalue weighted by Gasteiger charge is 2.26. The number of methoxy groups -OCH3 is 1. The molecule has 2 rings (SSSR count). The van der Waals surface area contributed by atoms with Crippen molar-refractivity contribution >= 4 is 11.7 Å². The van der Waals surface area contributed by atoms with Crippen LogP contribution >= 0.6 is 0 Å². The van der Waals surface area contributed by atoms with E-state index in [1.54, 1.807) is 12.1 Å². The highest BCUT2D eigenvalue weighted by atomic mass is 16.5. The van der Waals surface area contributed by atoms with E-state index in [4.69, 9.17) is 0 Å². The average molecular weight is 220 g/mol. The number of esters is 1. The van der Waals surface area contributed by atoms with Crippen LogP contribution in [0.15, 0.2) is 18.2 Å². The van der Waals surface area contributed by atoms with Gasteiger partial charge in [-0.15, -0.1) is 0 Å². The van der Waals surface area contributed by atoms with Crippen LogP contribution in [-0.2, 0) is 4.74 Å². The van der Waals surface area contributed by atoms with Crippen molar-refractivity contribution in [2.75, 3.05) is 19.2 Å². The van der Waals surface area contributed by atoms with E-state index in [9.17, 15) is 10.0 Å². The summed E-state index contributed by atoms with van der Waals surface area (Å²) in [4.78, 5) is 11.3. The van der Waals surface area contributed by atoms with E-state index in [0.29, 0.717) is 17.2 Å². The van der Waals surface area contributed by atoms with Crippen LogP contribution in [0.3, 0.4) is 0 Å². The Hall–Kier alpha value is -1.55. The molecular weight excluding hydrogens is 206 g/mol. The van der Waals surface area contributed by atoms with Crippen molar-refractivity contribution in [2.45, 2.75) is 18.8 Å². The molecule has 0 aliphatic heterocycles. The third-order valence-electron chi connectivity index (χ3n) is 2.81. The summed E-state index contributed by atoms with van der Waals surface area (Å²) >= 11 is 0. The molecule has 0 amide bonds. The Balaban J connectivity index is 2.39. The number of anilines is 1. The minimum Gasteiger partial charge on any atom is -0.758 e.